The van der Waals surface area contributed by atoms with Gasteiger partial charge >= 0.3 is 0 Å². The number of thioether (sulfide) groups is 1. The molecule has 7 heteroatoms. The fraction of sp³-hybridized carbons (Fsp3) is 0.176. The largest absolute Gasteiger partial charge is 0.457 e. The summed E-state index contributed by atoms with van der Waals surface area (Å²) in [5.74, 6) is 0.562. The van der Waals surface area contributed by atoms with Crippen LogP contribution in [0.5, 0.6) is 0 Å². The molecule has 3 rings (SSSR count). The zero-order valence-corrected chi connectivity index (χ0v) is 14.5. The molecular weight excluding hydrogens is 349 g/mol. The molecule has 2 aromatic rings. The molecule has 1 fully saturated rings. The van der Waals surface area contributed by atoms with Crippen molar-refractivity contribution < 1.29 is 18.3 Å². The van der Waals surface area contributed by atoms with E-state index >= 15 is 0 Å². The number of halogens is 1. The summed E-state index contributed by atoms with van der Waals surface area (Å²) < 4.78 is 24.5. The number of methoxy groups -OCH3 is 1. The van der Waals surface area contributed by atoms with Crippen LogP contribution in [0.2, 0.25) is 0 Å². The first-order valence-electron chi connectivity index (χ1n) is 7.18. The highest BCUT2D eigenvalue weighted by molar-refractivity contribution is 8.26. The van der Waals surface area contributed by atoms with Gasteiger partial charge in [-0.25, -0.2) is 4.39 Å². The summed E-state index contributed by atoms with van der Waals surface area (Å²) in [7, 11) is 1.57. The first kappa shape index (κ1) is 16.9. The van der Waals surface area contributed by atoms with Crippen LogP contribution in [-0.2, 0) is 9.53 Å². The lowest BCUT2D eigenvalue weighted by molar-refractivity contribution is -0.122. The quantitative estimate of drug-likeness (QED) is 0.595. The minimum absolute atomic E-state index is 0.161. The van der Waals surface area contributed by atoms with Crippen LogP contribution in [0, 0.1) is 5.82 Å². The molecule has 1 aliphatic rings. The topological polar surface area (TPSA) is 42.7 Å². The van der Waals surface area contributed by atoms with Crippen LogP contribution in [0.4, 0.5) is 4.39 Å². The summed E-state index contributed by atoms with van der Waals surface area (Å²) in [6.07, 6.45) is 1.65. The van der Waals surface area contributed by atoms with Crippen molar-refractivity contribution in [3.63, 3.8) is 0 Å². The Balaban J connectivity index is 1.80. The molecule has 1 aliphatic heterocycles. The van der Waals surface area contributed by atoms with E-state index in [2.05, 4.69) is 0 Å². The van der Waals surface area contributed by atoms with Crippen LogP contribution >= 0.6 is 24.0 Å². The lowest BCUT2D eigenvalue weighted by Crippen LogP contribution is -2.31. The Hall–Kier alpha value is -1.96. The molecule has 2 heterocycles. The average Bonchev–Trinajstić information content (AvgIpc) is 3.12. The average molecular weight is 363 g/mol. The molecule has 0 spiro atoms. The Morgan fingerprint density at radius 3 is 2.96 bits per heavy atom. The Morgan fingerprint density at radius 2 is 2.21 bits per heavy atom. The van der Waals surface area contributed by atoms with Gasteiger partial charge in [-0.3, -0.25) is 9.69 Å². The maximum atomic E-state index is 13.3. The van der Waals surface area contributed by atoms with Crippen molar-refractivity contribution in [2.75, 3.05) is 20.3 Å². The van der Waals surface area contributed by atoms with Gasteiger partial charge in [0.25, 0.3) is 5.91 Å². The van der Waals surface area contributed by atoms with E-state index in [0.717, 1.165) is 0 Å². The molecule has 1 aromatic carbocycles. The van der Waals surface area contributed by atoms with E-state index in [9.17, 15) is 9.18 Å². The van der Waals surface area contributed by atoms with Crippen molar-refractivity contribution in [3.05, 3.63) is 52.9 Å². The summed E-state index contributed by atoms with van der Waals surface area (Å²) in [6, 6.07) is 9.63. The second-order valence-corrected chi connectivity index (χ2v) is 6.71. The van der Waals surface area contributed by atoms with Gasteiger partial charge in [0.2, 0.25) is 0 Å². The molecule has 0 saturated carbocycles. The van der Waals surface area contributed by atoms with Crippen molar-refractivity contribution in [2.45, 2.75) is 0 Å². The molecule has 4 nitrogen and oxygen atoms in total. The highest BCUT2D eigenvalue weighted by Gasteiger charge is 2.31. The highest BCUT2D eigenvalue weighted by atomic mass is 32.2. The third-order valence-electron chi connectivity index (χ3n) is 3.40. The minimum Gasteiger partial charge on any atom is -0.457 e. The van der Waals surface area contributed by atoms with Crippen molar-refractivity contribution >= 4 is 40.3 Å². The molecule has 0 bridgehead atoms. The Kier molecular flexibility index (Phi) is 5.13. The van der Waals surface area contributed by atoms with Crippen LogP contribution in [-0.4, -0.2) is 35.4 Å². The van der Waals surface area contributed by atoms with Crippen LogP contribution in [0.25, 0.3) is 17.4 Å². The van der Waals surface area contributed by atoms with Crippen molar-refractivity contribution in [1.82, 2.24) is 4.90 Å². The SMILES string of the molecule is COCCN1C(=O)C(=Cc2ccc(-c3cccc(F)c3)o2)SC1=S. The van der Waals surface area contributed by atoms with E-state index in [1.165, 1.54) is 28.8 Å². The van der Waals surface area contributed by atoms with Gasteiger partial charge in [-0.1, -0.05) is 36.1 Å². The molecule has 24 heavy (non-hydrogen) atoms. The van der Waals surface area contributed by atoms with Crippen LogP contribution < -0.4 is 0 Å². The molecule has 0 aliphatic carbocycles. The Morgan fingerprint density at radius 1 is 1.38 bits per heavy atom. The van der Waals surface area contributed by atoms with Crippen LogP contribution in [0.15, 0.2) is 45.7 Å². The molecular formula is C17H14FNO3S2. The first-order valence-corrected chi connectivity index (χ1v) is 8.41. The standard InChI is InChI=1S/C17H14FNO3S2/c1-21-8-7-19-16(20)15(24-17(19)23)10-13-5-6-14(22-13)11-3-2-4-12(18)9-11/h2-6,9-10H,7-8H2,1H3. The van der Waals surface area contributed by atoms with Crippen molar-refractivity contribution in [2.24, 2.45) is 0 Å². The number of thiocarbonyl (C=S) groups is 1. The smallest absolute Gasteiger partial charge is 0.266 e. The maximum absolute atomic E-state index is 13.3. The number of rotatable bonds is 5. The van der Waals surface area contributed by atoms with Gasteiger partial charge in [0.1, 0.15) is 21.7 Å². The summed E-state index contributed by atoms with van der Waals surface area (Å²) in [5.41, 5.74) is 0.641. The molecule has 1 amide bonds. The van der Waals surface area contributed by atoms with Crippen molar-refractivity contribution in [1.29, 1.82) is 0 Å². The van der Waals surface area contributed by atoms with Gasteiger partial charge in [-0.15, -0.1) is 0 Å². The number of ether oxygens (including phenoxy) is 1. The second-order valence-electron chi connectivity index (χ2n) is 5.04. The highest BCUT2D eigenvalue weighted by Crippen LogP contribution is 2.33. The fourth-order valence-electron chi connectivity index (χ4n) is 2.23. The lowest BCUT2D eigenvalue weighted by Gasteiger charge is -2.12. The fourth-order valence-corrected chi connectivity index (χ4v) is 3.52. The van der Waals surface area contributed by atoms with E-state index < -0.39 is 0 Å². The monoisotopic (exact) mass is 363 g/mol. The number of nitrogens with zero attached hydrogens (tertiary/aromatic N) is 1. The predicted octanol–water partition coefficient (Wildman–Crippen LogP) is 3.93. The van der Waals surface area contributed by atoms with Crippen LogP contribution in [0.3, 0.4) is 0 Å². The van der Waals surface area contributed by atoms with Crippen LogP contribution in [0.1, 0.15) is 5.76 Å². The van der Waals surface area contributed by atoms with Gasteiger partial charge in [0, 0.05) is 18.7 Å². The van der Waals surface area contributed by atoms with E-state index in [1.807, 2.05) is 0 Å². The molecule has 0 unspecified atom stereocenters. The van der Waals surface area contributed by atoms with E-state index in [1.54, 1.807) is 37.5 Å². The zero-order chi connectivity index (χ0) is 17.1. The maximum Gasteiger partial charge on any atom is 0.266 e. The summed E-state index contributed by atoms with van der Waals surface area (Å²) >= 11 is 6.45. The Bertz CT molecular complexity index is 816. The number of carbonyl (C=O) groups is 1. The number of furan rings is 1. The normalized spacial score (nSPS) is 16.4. The lowest BCUT2D eigenvalue weighted by atomic mass is 10.2. The van der Waals surface area contributed by atoms with Gasteiger partial charge in [0.15, 0.2) is 0 Å². The number of carbonyl (C=O) groups excluding carboxylic acids is 1. The second kappa shape index (κ2) is 7.29. The van der Waals surface area contributed by atoms with Gasteiger partial charge in [0.05, 0.1) is 18.1 Å². The molecule has 0 atom stereocenters. The third-order valence-corrected chi connectivity index (χ3v) is 4.78. The first-order chi connectivity index (χ1) is 11.6. The third kappa shape index (κ3) is 3.58. The number of hydrogen-bond donors (Lipinski definition) is 0. The molecule has 1 aromatic heterocycles. The van der Waals surface area contributed by atoms with Crippen molar-refractivity contribution in [3.8, 4) is 11.3 Å². The number of hydrogen-bond acceptors (Lipinski definition) is 5. The minimum atomic E-state index is -0.329. The van der Waals surface area contributed by atoms with Gasteiger partial charge in [-0.2, -0.15) is 0 Å². The predicted molar refractivity (Wildman–Crippen MR) is 95.9 cm³/mol. The molecule has 0 N–H and O–H groups in total. The zero-order valence-electron chi connectivity index (χ0n) is 12.8. The molecule has 1 saturated heterocycles. The summed E-state index contributed by atoms with van der Waals surface area (Å²) in [6.45, 7) is 0.843. The number of benzene rings is 1. The summed E-state index contributed by atoms with van der Waals surface area (Å²) in [4.78, 5) is 14.4. The molecule has 0 radical (unpaired) electrons. The molecule has 124 valence electrons. The summed E-state index contributed by atoms with van der Waals surface area (Å²) in [5, 5.41) is 0. The Labute approximate surface area is 148 Å². The van der Waals surface area contributed by atoms with E-state index in [0.29, 0.717) is 39.5 Å². The van der Waals surface area contributed by atoms with E-state index in [-0.39, 0.29) is 11.7 Å². The van der Waals surface area contributed by atoms with Gasteiger partial charge in [-0.05, 0) is 24.3 Å². The van der Waals surface area contributed by atoms with Gasteiger partial charge < -0.3 is 9.15 Å². The van der Waals surface area contributed by atoms with E-state index in [4.69, 9.17) is 21.4 Å². The number of amides is 1.